The fourth-order valence-corrected chi connectivity index (χ4v) is 1.57. The van der Waals surface area contributed by atoms with Crippen LogP contribution in [0.2, 0.25) is 0 Å². The van der Waals surface area contributed by atoms with Crippen molar-refractivity contribution < 1.29 is 14.4 Å². The van der Waals surface area contributed by atoms with Crippen molar-refractivity contribution in [2.45, 2.75) is 6.92 Å². The van der Waals surface area contributed by atoms with E-state index in [1.807, 2.05) is 6.92 Å². The Balaban J connectivity index is 3.87. The lowest BCUT2D eigenvalue weighted by atomic mass is 10.5. The second-order valence-electron chi connectivity index (χ2n) is 2.26. The van der Waals surface area contributed by atoms with Crippen molar-refractivity contribution in [1.29, 1.82) is 0 Å². The van der Waals surface area contributed by atoms with Crippen molar-refractivity contribution >= 4 is 7.60 Å². The van der Waals surface area contributed by atoms with Crippen LogP contribution in [-0.4, -0.2) is 34.1 Å². The average molecular weight is 179 g/mol. The van der Waals surface area contributed by atoms with E-state index in [4.69, 9.17) is 9.79 Å². The molecule has 4 nitrogen and oxygen atoms in total. The first-order chi connectivity index (χ1) is 4.99. The molecule has 0 bridgehead atoms. The van der Waals surface area contributed by atoms with Gasteiger partial charge in [-0.1, -0.05) is 13.0 Å². The van der Waals surface area contributed by atoms with Crippen LogP contribution in [0.5, 0.6) is 0 Å². The summed E-state index contributed by atoms with van der Waals surface area (Å²) in [5.74, 6) is 0. The highest BCUT2D eigenvalue weighted by Crippen LogP contribution is 2.34. The molecule has 2 N–H and O–H groups in total. The van der Waals surface area contributed by atoms with Gasteiger partial charge in [0.2, 0.25) is 0 Å². The Hall–Kier alpha value is -0.150. The maximum absolute atomic E-state index is 10.5. The standard InChI is InChI=1S/C6H14NO3P/c1-3-5-7(4-2)6-11(8,9)10/h3H,1,4-6H2,2H3,(H2,8,9,10). The number of hydrogen-bond acceptors (Lipinski definition) is 2. The molecule has 5 heteroatoms. The predicted octanol–water partition coefficient (Wildman–Crippen LogP) is 0.629. The van der Waals surface area contributed by atoms with Gasteiger partial charge in [-0.2, -0.15) is 0 Å². The molecule has 0 aromatic heterocycles. The largest absolute Gasteiger partial charge is 0.339 e. The summed E-state index contributed by atoms with van der Waals surface area (Å²) in [6, 6.07) is 0. The second-order valence-corrected chi connectivity index (χ2v) is 3.88. The molecule has 0 spiro atoms. The minimum Gasteiger partial charge on any atom is -0.324 e. The number of likely N-dealkylation sites (N-methyl/N-ethyl adjacent to an activating group) is 1. The fraction of sp³-hybridized carbons (Fsp3) is 0.667. The summed E-state index contributed by atoms with van der Waals surface area (Å²) in [5, 5.41) is 0. The lowest BCUT2D eigenvalue weighted by Crippen LogP contribution is -2.24. The van der Waals surface area contributed by atoms with E-state index in [0.29, 0.717) is 13.1 Å². The van der Waals surface area contributed by atoms with Gasteiger partial charge >= 0.3 is 7.60 Å². The number of nitrogens with zero attached hydrogens (tertiary/aromatic N) is 1. The Labute approximate surface area is 66.7 Å². The Kier molecular flexibility index (Phi) is 4.61. The van der Waals surface area contributed by atoms with Crippen molar-refractivity contribution in [2.75, 3.05) is 19.4 Å². The molecule has 0 aromatic carbocycles. The number of hydrogen-bond donors (Lipinski definition) is 2. The monoisotopic (exact) mass is 179 g/mol. The van der Waals surface area contributed by atoms with Gasteiger partial charge in [-0.15, -0.1) is 6.58 Å². The first-order valence-corrected chi connectivity index (χ1v) is 5.17. The summed E-state index contributed by atoms with van der Waals surface area (Å²) < 4.78 is 10.5. The third-order valence-electron chi connectivity index (χ3n) is 1.22. The summed E-state index contributed by atoms with van der Waals surface area (Å²) in [5.41, 5.74) is 0. The van der Waals surface area contributed by atoms with Gasteiger partial charge in [0, 0.05) is 6.54 Å². The summed E-state index contributed by atoms with van der Waals surface area (Å²) in [6.07, 6.45) is 1.44. The normalized spacial score (nSPS) is 12.0. The maximum Gasteiger partial charge on any atom is 0.339 e. The van der Waals surface area contributed by atoms with E-state index in [9.17, 15) is 4.57 Å². The summed E-state index contributed by atoms with van der Waals surface area (Å²) in [6.45, 7) is 6.47. The molecule has 0 rings (SSSR count). The molecule has 0 aliphatic carbocycles. The van der Waals surface area contributed by atoms with Gasteiger partial charge in [0.15, 0.2) is 0 Å². The SMILES string of the molecule is C=CCN(CC)CP(=O)(O)O. The van der Waals surface area contributed by atoms with Crippen LogP contribution in [0.25, 0.3) is 0 Å². The Bertz CT molecular complexity index is 165. The van der Waals surface area contributed by atoms with E-state index in [1.165, 1.54) is 0 Å². The van der Waals surface area contributed by atoms with Crippen molar-refractivity contribution in [2.24, 2.45) is 0 Å². The molecule has 0 aromatic rings. The summed E-state index contributed by atoms with van der Waals surface area (Å²) in [4.78, 5) is 18.8. The average Bonchev–Trinajstić information content (AvgIpc) is 1.84. The molecule has 66 valence electrons. The van der Waals surface area contributed by atoms with Crippen molar-refractivity contribution in [3.63, 3.8) is 0 Å². The van der Waals surface area contributed by atoms with Gasteiger partial charge in [0.1, 0.15) is 6.29 Å². The molecule has 0 unspecified atom stereocenters. The second kappa shape index (κ2) is 4.67. The molecule has 0 atom stereocenters. The molecule has 0 saturated carbocycles. The zero-order chi connectivity index (χ0) is 8.91. The topological polar surface area (TPSA) is 60.8 Å². The Morgan fingerprint density at radius 3 is 2.45 bits per heavy atom. The molecular weight excluding hydrogens is 165 g/mol. The highest BCUT2D eigenvalue weighted by atomic mass is 31.2. The highest BCUT2D eigenvalue weighted by Gasteiger charge is 2.16. The molecule has 0 heterocycles. The highest BCUT2D eigenvalue weighted by molar-refractivity contribution is 7.51. The summed E-state index contributed by atoms with van der Waals surface area (Å²) >= 11 is 0. The Morgan fingerprint density at radius 2 is 2.18 bits per heavy atom. The molecular formula is C6H14NO3P. The van der Waals surface area contributed by atoms with E-state index >= 15 is 0 Å². The lowest BCUT2D eigenvalue weighted by Gasteiger charge is -2.18. The quantitative estimate of drug-likeness (QED) is 0.480. The molecule has 0 saturated heterocycles. The number of rotatable bonds is 5. The van der Waals surface area contributed by atoms with Gasteiger partial charge in [0.05, 0.1) is 0 Å². The molecule has 0 aliphatic rings. The smallest absolute Gasteiger partial charge is 0.324 e. The van der Waals surface area contributed by atoms with Crippen LogP contribution in [0, 0.1) is 0 Å². The molecule has 0 aliphatic heterocycles. The zero-order valence-corrected chi connectivity index (χ0v) is 7.50. The van der Waals surface area contributed by atoms with Crippen LogP contribution < -0.4 is 0 Å². The van der Waals surface area contributed by atoms with E-state index < -0.39 is 7.60 Å². The van der Waals surface area contributed by atoms with E-state index in [1.54, 1.807) is 11.0 Å². The Morgan fingerprint density at radius 1 is 1.64 bits per heavy atom. The van der Waals surface area contributed by atoms with Crippen molar-refractivity contribution in [1.82, 2.24) is 4.90 Å². The van der Waals surface area contributed by atoms with Gasteiger partial charge in [0.25, 0.3) is 0 Å². The van der Waals surface area contributed by atoms with Gasteiger partial charge < -0.3 is 9.79 Å². The molecule has 0 radical (unpaired) electrons. The maximum atomic E-state index is 10.5. The lowest BCUT2D eigenvalue weighted by molar-refractivity contribution is 0.304. The summed E-state index contributed by atoms with van der Waals surface area (Å²) in [7, 11) is -3.89. The van der Waals surface area contributed by atoms with Gasteiger partial charge in [-0.25, -0.2) is 0 Å². The first kappa shape index (κ1) is 10.8. The van der Waals surface area contributed by atoms with Gasteiger partial charge in [-0.3, -0.25) is 9.46 Å². The minimum atomic E-state index is -3.89. The van der Waals surface area contributed by atoms with Gasteiger partial charge in [-0.05, 0) is 6.54 Å². The van der Waals surface area contributed by atoms with Crippen LogP contribution in [0.1, 0.15) is 6.92 Å². The third kappa shape index (κ3) is 6.26. The molecule has 0 fully saturated rings. The molecule has 11 heavy (non-hydrogen) atoms. The van der Waals surface area contributed by atoms with Crippen LogP contribution in [0.3, 0.4) is 0 Å². The van der Waals surface area contributed by atoms with Crippen molar-refractivity contribution in [3.05, 3.63) is 12.7 Å². The van der Waals surface area contributed by atoms with Crippen LogP contribution in [0.4, 0.5) is 0 Å². The zero-order valence-electron chi connectivity index (χ0n) is 6.60. The predicted molar refractivity (Wildman–Crippen MR) is 44.4 cm³/mol. The van der Waals surface area contributed by atoms with Crippen molar-refractivity contribution in [3.8, 4) is 0 Å². The minimum absolute atomic E-state index is 0.185. The fourth-order valence-electron chi connectivity index (χ4n) is 0.730. The van der Waals surface area contributed by atoms with E-state index in [-0.39, 0.29) is 6.29 Å². The van der Waals surface area contributed by atoms with Crippen LogP contribution in [0.15, 0.2) is 12.7 Å². The third-order valence-corrected chi connectivity index (χ3v) is 1.99. The van der Waals surface area contributed by atoms with Crippen LogP contribution in [-0.2, 0) is 4.57 Å². The van der Waals surface area contributed by atoms with E-state index in [2.05, 4.69) is 6.58 Å². The molecule has 0 amide bonds. The van der Waals surface area contributed by atoms with Crippen LogP contribution >= 0.6 is 7.60 Å². The van der Waals surface area contributed by atoms with E-state index in [0.717, 1.165) is 0 Å². The first-order valence-electron chi connectivity index (χ1n) is 3.37.